The van der Waals surface area contributed by atoms with Crippen LogP contribution in [0.1, 0.15) is 34.8 Å². The van der Waals surface area contributed by atoms with E-state index >= 15 is 0 Å². The summed E-state index contributed by atoms with van der Waals surface area (Å²) >= 11 is 0. The summed E-state index contributed by atoms with van der Waals surface area (Å²) < 4.78 is 52.0. The minimum absolute atomic E-state index is 0.0975. The van der Waals surface area contributed by atoms with Crippen LogP contribution >= 0.6 is 0 Å². The molecule has 1 fully saturated rings. The van der Waals surface area contributed by atoms with E-state index in [4.69, 9.17) is 15.2 Å². The third kappa shape index (κ3) is 4.78. The minimum Gasteiger partial charge on any atom is -0.493 e. The number of ether oxygens (including phenoxy) is 3. The molecule has 0 radical (unpaired) electrons. The van der Waals surface area contributed by atoms with Gasteiger partial charge in [0.05, 0.1) is 31.1 Å². The van der Waals surface area contributed by atoms with Crippen molar-refractivity contribution in [3.05, 3.63) is 47.9 Å². The summed E-state index contributed by atoms with van der Waals surface area (Å²) in [6.45, 7) is 0.923. The maximum absolute atomic E-state index is 12.9. The Morgan fingerprint density at radius 3 is 2.32 bits per heavy atom. The lowest BCUT2D eigenvalue weighted by molar-refractivity contribution is -0.274. The van der Waals surface area contributed by atoms with Gasteiger partial charge in [0.2, 0.25) is 0 Å². The Hall–Kier alpha value is -3.76. The van der Waals surface area contributed by atoms with Gasteiger partial charge in [0.15, 0.2) is 17.2 Å². The standard InChI is InChI=1S/C23H23F3N4O4/c1-32-19-10-15-17(11-20(19)33-2)28-12-29-21(15)13-5-7-30(8-6-13)22(31)14-3-4-18(16(27)9-14)34-23(24,25)26/h3-4,9-13H,5-8,27H2,1-2H3. The summed E-state index contributed by atoms with van der Waals surface area (Å²) in [5.74, 6) is 0.411. The maximum atomic E-state index is 12.9. The zero-order valence-corrected chi connectivity index (χ0v) is 18.6. The molecule has 0 atom stereocenters. The highest BCUT2D eigenvalue weighted by Crippen LogP contribution is 2.37. The predicted molar refractivity (Wildman–Crippen MR) is 118 cm³/mol. The van der Waals surface area contributed by atoms with E-state index in [1.807, 2.05) is 6.07 Å². The maximum Gasteiger partial charge on any atom is 0.573 e. The minimum atomic E-state index is -4.86. The van der Waals surface area contributed by atoms with Crippen molar-refractivity contribution in [1.29, 1.82) is 0 Å². The van der Waals surface area contributed by atoms with Crippen molar-refractivity contribution in [2.45, 2.75) is 25.1 Å². The zero-order valence-electron chi connectivity index (χ0n) is 18.6. The van der Waals surface area contributed by atoms with Crippen LogP contribution in [0.2, 0.25) is 0 Å². The number of halogens is 3. The van der Waals surface area contributed by atoms with E-state index in [1.165, 1.54) is 18.5 Å². The molecule has 0 saturated carbocycles. The van der Waals surface area contributed by atoms with Crippen LogP contribution in [0.25, 0.3) is 10.9 Å². The Morgan fingerprint density at radius 2 is 1.71 bits per heavy atom. The second-order valence-electron chi connectivity index (χ2n) is 7.85. The number of benzene rings is 2. The molecule has 0 unspecified atom stereocenters. The molecule has 4 rings (SSSR count). The Morgan fingerprint density at radius 1 is 1.03 bits per heavy atom. The van der Waals surface area contributed by atoms with Crippen LogP contribution in [-0.4, -0.2) is 54.4 Å². The molecule has 2 heterocycles. The molecule has 0 aliphatic carbocycles. The highest BCUT2D eigenvalue weighted by molar-refractivity contribution is 5.95. The fourth-order valence-electron chi connectivity index (χ4n) is 4.17. The van der Waals surface area contributed by atoms with Gasteiger partial charge in [-0.1, -0.05) is 0 Å². The van der Waals surface area contributed by atoms with E-state index in [0.29, 0.717) is 37.4 Å². The second-order valence-corrected chi connectivity index (χ2v) is 7.85. The van der Waals surface area contributed by atoms with E-state index in [0.717, 1.165) is 22.7 Å². The number of piperidine rings is 1. The molecule has 11 heteroatoms. The number of fused-ring (bicyclic) bond motifs is 1. The van der Waals surface area contributed by atoms with Gasteiger partial charge in [-0.25, -0.2) is 9.97 Å². The Bertz CT molecular complexity index is 1210. The molecule has 2 N–H and O–H groups in total. The number of amides is 1. The largest absolute Gasteiger partial charge is 0.573 e. The number of hydrogen-bond donors (Lipinski definition) is 1. The number of methoxy groups -OCH3 is 2. The molecule has 0 bridgehead atoms. The fourth-order valence-corrected chi connectivity index (χ4v) is 4.17. The third-order valence-electron chi connectivity index (χ3n) is 5.82. The van der Waals surface area contributed by atoms with Gasteiger partial charge in [0, 0.05) is 36.0 Å². The van der Waals surface area contributed by atoms with Gasteiger partial charge in [-0.05, 0) is 37.1 Å². The Labute approximate surface area is 193 Å². The van der Waals surface area contributed by atoms with Crippen LogP contribution in [0.5, 0.6) is 17.2 Å². The number of carbonyl (C=O) groups is 1. The molecule has 1 amide bonds. The number of likely N-dealkylation sites (tertiary alicyclic amines) is 1. The third-order valence-corrected chi connectivity index (χ3v) is 5.82. The molecule has 0 spiro atoms. The second kappa shape index (κ2) is 9.24. The van der Waals surface area contributed by atoms with E-state index in [1.54, 1.807) is 25.2 Å². The summed E-state index contributed by atoms with van der Waals surface area (Å²) in [4.78, 5) is 23.4. The molecule has 180 valence electrons. The molecular formula is C23H23F3N4O4. The molecular weight excluding hydrogens is 453 g/mol. The van der Waals surface area contributed by atoms with Gasteiger partial charge >= 0.3 is 6.36 Å². The molecule has 1 aliphatic heterocycles. The summed E-state index contributed by atoms with van der Waals surface area (Å²) in [6, 6.07) is 7.19. The molecule has 34 heavy (non-hydrogen) atoms. The lowest BCUT2D eigenvalue weighted by atomic mass is 9.90. The lowest BCUT2D eigenvalue weighted by Gasteiger charge is -2.32. The van der Waals surface area contributed by atoms with E-state index in [2.05, 4.69) is 14.7 Å². The van der Waals surface area contributed by atoms with Crippen molar-refractivity contribution >= 4 is 22.5 Å². The van der Waals surface area contributed by atoms with Gasteiger partial charge in [0.25, 0.3) is 5.91 Å². The van der Waals surface area contributed by atoms with E-state index < -0.39 is 12.1 Å². The molecule has 1 saturated heterocycles. The van der Waals surface area contributed by atoms with Crippen LogP contribution in [0.4, 0.5) is 18.9 Å². The van der Waals surface area contributed by atoms with Crippen LogP contribution in [0.3, 0.4) is 0 Å². The lowest BCUT2D eigenvalue weighted by Crippen LogP contribution is -2.38. The molecule has 3 aromatic rings. The SMILES string of the molecule is COc1cc2ncnc(C3CCN(C(=O)c4ccc(OC(F)(F)F)c(N)c4)CC3)c2cc1OC. The average Bonchev–Trinajstić information content (AvgIpc) is 2.82. The molecule has 1 aliphatic rings. The van der Waals surface area contributed by atoms with Gasteiger partial charge in [-0.2, -0.15) is 0 Å². The summed E-state index contributed by atoms with van der Waals surface area (Å²) in [6.07, 6.45) is -2.02. The highest BCUT2D eigenvalue weighted by Gasteiger charge is 2.32. The number of nitrogens with zero attached hydrogens (tertiary/aromatic N) is 3. The first-order valence-corrected chi connectivity index (χ1v) is 10.5. The first-order chi connectivity index (χ1) is 16.2. The van der Waals surface area contributed by atoms with Crippen LogP contribution in [0, 0.1) is 0 Å². The van der Waals surface area contributed by atoms with Crippen LogP contribution in [-0.2, 0) is 0 Å². The number of hydrogen-bond acceptors (Lipinski definition) is 7. The van der Waals surface area contributed by atoms with E-state index in [-0.39, 0.29) is 23.1 Å². The van der Waals surface area contributed by atoms with Crippen molar-refractivity contribution < 1.29 is 32.2 Å². The van der Waals surface area contributed by atoms with Gasteiger partial charge in [0.1, 0.15) is 6.33 Å². The predicted octanol–water partition coefficient (Wildman–Crippen LogP) is 4.15. The summed E-state index contributed by atoms with van der Waals surface area (Å²) in [7, 11) is 3.12. The number of nitrogens with two attached hydrogens (primary N) is 1. The monoisotopic (exact) mass is 476 g/mol. The van der Waals surface area contributed by atoms with Crippen molar-refractivity contribution in [3.8, 4) is 17.2 Å². The topological polar surface area (TPSA) is 99.8 Å². The molecule has 8 nitrogen and oxygen atoms in total. The smallest absolute Gasteiger partial charge is 0.493 e. The Kier molecular flexibility index (Phi) is 6.36. The highest BCUT2D eigenvalue weighted by atomic mass is 19.4. The summed E-state index contributed by atoms with van der Waals surface area (Å²) in [5, 5.41) is 0.859. The number of alkyl halides is 3. The van der Waals surface area contributed by atoms with Crippen molar-refractivity contribution in [3.63, 3.8) is 0 Å². The van der Waals surface area contributed by atoms with Crippen molar-refractivity contribution in [1.82, 2.24) is 14.9 Å². The molecule has 2 aromatic carbocycles. The fraction of sp³-hybridized carbons (Fsp3) is 0.348. The normalized spacial score (nSPS) is 14.8. The van der Waals surface area contributed by atoms with Gasteiger partial charge in [-0.3, -0.25) is 4.79 Å². The van der Waals surface area contributed by atoms with Gasteiger partial charge in [-0.15, -0.1) is 13.2 Å². The average molecular weight is 476 g/mol. The number of rotatable bonds is 5. The van der Waals surface area contributed by atoms with Crippen molar-refractivity contribution in [2.24, 2.45) is 0 Å². The van der Waals surface area contributed by atoms with E-state index in [9.17, 15) is 18.0 Å². The number of carbonyl (C=O) groups excluding carboxylic acids is 1. The quantitative estimate of drug-likeness (QED) is 0.553. The van der Waals surface area contributed by atoms with Gasteiger partial charge < -0.3 is 24.8 Å². The molecule has 1 aromatic heterocycles. The van der Waals surface area contributed by atoms with Crippen LogP contribution in [0.15, 0.2) is 36.7 Å². The first kappa shape index (κ1) is 23.4. The number of aromatic nitrogens is 2. The number of anilines is 1. The summed E-state index contributed by atoms with van der Waals surface area (Å²) in [5.41, 5.74) is 7.22. The zero-order chi connectivity index (χ0) is 24.5. The van der Waals surface area contributed by atoms with Crippen molar-refractivity contribution in [2.75, 3.05) is 33.0 Å². The number of nitrogen functional groups attached to an aromatic ring is 1. The van der Waals surface area contributed by atoms with Crippen LogP contribution < -0.4 is 19.9 Å². The first-order valence-electron chi connectivity index (χ1n) is 10.5. The Balaban J connectivity index is 1.49.